The molecular formula is C97H91N3O27S. The molecule has 0 unspecified atom stereocenters. The number of carboxylic acids is 6. The van der Waals surface area contributed by atoms with E-state index in [9.17, 15) is 59.4 Å². The molecule has 0 aliphatic carbocycles. The number of methoxy groups -OCH3 is 6. The number of carboxylic acid groups (broad SMARTS) is 6. The van der Waals surface area contributed by atoms with E-state index in [0.717, 1.165) is 70.9 Å². The molecule has 7 heterocycles. The highest BCUT2D eigenvalue weighted by Crippen LogP contribution is 2.48. The van der Waals surface area contributed by atoms with E-state index < -0.39 is 35.8 Å². The van der Waals surface area contributed by atoms with E-state index in [1.54, 1.807) is 142 Å². The summed E-state index contributed by atoms with van der Waals surface area (Å²) < 4.78 is 83.8. The monoisotopic (exact) mass is 1760 g/mol. The normalized spacial score (nSPS) is 12.3. The number of pyridine rings is 2. The number of ether oxygens (including phenoxy) is 14. The van der Waals surface area contributed by atoms with Crippen molar-refractivity contribution in [3.8, 4) is 114 Å². The van der Waals surface area contributed by atoms with Crippen molar-refractivity contribution in [3.63, 3.8) is 0 Å². The zero-order valence-electron chi connectivity index (χ0n) is 71.3. The molecule has 0 radical (unpaired) electrons. The molecule has 128 heavy (non-hydrogen) atoms. The topological polar surface area (TPSA) is 405 Å². The van der Waals surface area contributed by atoms with Crippen LogP contribution in [-0.2, 0) is 53.1 Å². The van der Waals surface area contributed by atoms with Crippen LogP contribution in [0.4, 0.5) is 0 Å². The number of aryl methyl sites for hydroxylation is 2. The Hall–Kier alpha value is -15.3. The van der Waals surface area contributed by atoms with Crippen LogP contribution >= 0.6 is 11.3 Å². The number of aromatic nitrogens is 3. The van der Waals surface area contributed by atoms with E-state index >= 15 is 0 Å². The Kier molecular flexibility index (Phi) is 29.3. The fraction of sp³-hybridized carbons (Fsp3) is 0.247. The van der Waals surface area contributed by atoms with E-state index in [1.165, 1.54) is 64.2 Å². The smallest absolute Gasteiger partial charge is 0.336 e. The maximum atomic E-state index is 12.6. The highest BCUT2D eigenvalue weighted by atomic mass is 32.1. The van der Waals surface area contributed by atoms with Crippen LogP contribution in [0.3, 0.4) is 0 Å². The molecule has 15 rings (SSSR count). The second-order valence-electron chi connectivity index (χ2n) is 29.3. The summed E-state index contributed by atoms with van der Waals surface area (Å²) in [6, 6.07) is 35.5. The summed E-state index contributed by atoms with van der Waals surface area (Å²) in [4.78, 5) is 82.6. The summed E-state index contributed by atoms with van der Waals surface area (Å²) in [5.41, 5.74) is 8.70. The molecule has 0 atom stereocenters. The first-order valence-corrected chi connectivity index (χ1v) is 41.5. The molecule has 0 amide bonds. The van der Waals surface area contributed by atoms with Crippen LogP contribution in [0, 0.1) is 0 Å². The molecular weight excluding hydrogens is 1670 g/mol. The third-order valence-corrected chi connectivity index (χ3v) is 22.2. The van der Waals surface area contributed by atoms with Gasteiger partial charge in [0.05, 0.1) is 77.7 Å². The van der Waals surface area contributed by atoms with Crippen LogP contribution in [-0.4, -0.2) is 151 Å². The number of rotatable bonds is 36. The fourth-order valence-corrected chi connectivity index (χ4v) is 16.0. The molecule has 6 N–H and O–H groups in total. The summed E-state index contributed by atoms with van der Waals surface area (Å²) in [6.45, 7) is 6.71. The standard InChI is InChI=1S/C33H32N2O10.C32H29NO9.C32H30O8S/c1-4-5-10-25-31(23-16-34-30(41-3)15-27(23)42-17-19-8-6-7-9-22(19)33(38)39)24(35-45-25)12-21(32(36)37)11-20-13-28-29(44-18-43-28)14-26(20)40-2;1-4-9-40-29-16-33-15-21(11-20(32(36)37)10-19-13-27-28(42-17-41-27)14-26(19)39-3)30(29)23-7-8-25(38-2)22-6-5-18(31(34)35)12-24(22)23;1-4-5-6-19-16-41-29(14-21(32(35)36)11-20-13-27-28(40-17-39-27)15-26(20)38-3)30(19)23-9-10-25(37-2)22-8-7-18(31(33)34)12-24(22)23/h6-9,12-16H,4-5,10-11,17-18H2,1-3H3,(H,36,37)(H,38,39);5-8,11-16H,4,9-10,17H2,1-3H3,(H,34,35)(H,36,37);7-10,12-16H,4-6,11,17H2,1-3H3,(H,33,34)(H,35,36)/b21-12+;20-11+;21-14+. The van der Waals surface area contributed by atoms with Crippen LogP contribution < -0.4 is 66.3 Å². The highest BCUT2D eigenvalue weighted by molar-refractivity contribution is 7.11. The first-order chi connectivity index (χ1) is 62.0. The number of thiophene rings is 1. The van der Waals surface area contributed by atoms with E-state index in [0.29, 0.717) is 154 Å². The van der Waals surface area contributed by atoms with Crippen LogP contribution in [0.1, 0.15) is 134 Å². The lowest BCUT2D eigenvalue weighted by Crippen LogP contribution is -2.07. The summed E-state index contributed by atoms with van der Waals surface area (Å²) in [7, 11) is 9.11. The Bertz CT molecular complexity index is 6320. The number of fused-ring (bicyclic) bond motifs is 5. The molecule has 3 aliphatic rings. The van der Waals surface area contributed by atoms with Gasteiger partial charge in [-0.15, -0.1) is 11.3 Å². The van der Waals surface area contributed by atoms with Crippen LogP contribution in [0.25, 0.3) is 73.2 Å². The van der Waals surface area contributed by atoms with Crippen molar-refractivity contribution >= 4 is 86.9 Å². The lowest BCUT2D eigenvalue weighted by Gasteiger charge is -2.18. The van der Waals surface area contributed by atoms with Crippen molar-refractivity contribution in [1.82, 2.24) is 15.1 Å². The van der Waals surface area contributed by atoms with Gasteiger partial charge in [-0.1, -0.05) is 57.0 Å². The Labute approximate surface area is 738 Å². The lowest BCUT2D eigenvalue weighted by atomic mass is 9.91. The average Bonchev–Trinajstić information content (AvgIpc) is 1.75. The summed E-state index contributed by atoms with van der Waals surface area (Å²) in [5.74, 6) is 0.801. The minimum absolute atomic E-state index is 0.0120. The summed E-state index contributed by atoms with van der Waals surface area (Å²) in [5, 5.41) is 68.9. The Morgan fingerprint density at radius 3 is 1.40 bits per heavy atom. The van der Waals surface area contributed by atoms with Crippen molar-refractivity contribution in [1.29, 1.82) is 0 Å². The number of aliphatic carboxylic acids is 3. The maximum absolute atomic E-state index is 12.6. The summed E-state index contributed by atoms with van der Waals surface area (Å²) in [6.07, 6.45) is 15.2. The Balaban J connectivity index is 0.000000164. The van der Waals surface area contributed by atoms with Crippen LogP contribution in [0.2, 0.25) is 0 Å². The van der Waals surface area contributed by atoms with Crippen molar-refractivity contribution in [3.05, 3.63) is 234 Å². The number of hydrogen-bond acceptors (Lipinski definition) is 25. The van der Waals surface area contributed by atoms with Crippen LogP contribution in [0.5, 0.6) is 80.6 Å². The summed E-state index contributed by atoms with van der Waals surface area (Å²) >= 11 is 1.47. The second kappa shape index (κ2) is 41.5. The Morgan fingerprint density at radius 2 is 0.914 bits per heavy atom. The fourth-order valence-electron chi connectivity index (χ4n) is 14.9. The molecule has 0 spiro atoms. The van der Waals surface area contributed by atoms with Gasteiger partial charge in [0.15, 0.2) is 34.5 Å². The molecule has 3 aliphatic heterocycles. The molecule has 31 heteroatoms. The van der Waals surface area contributed by atoms with Crippen molar-refractivity contribution in [2.45, 2.75) is 91.6 Å². The van der Waals surface area contributed by atoms with E-state index in [4.69, 9.17) is 70.8 Å². The number of benzene rings is 8. The van der Waals surface area contributed by atoms with Gasteiger partial charge in [-0.3, -0.25) is 4.98 Å². The maximum Gasteiger partial charge on any atom is 0.336 e. The number of nitrogens with zero attached hydrogens (tertiary/aromatic N) is 3. The van der Waals surface area contributed by atoms with Gasteiger partial charge in [0, 0.05) is 139 Å². The van der Waals surface area contributed by atoms with E-state index in [1.807, 2.05) is 26.0 Å². The van der Waals surface area contributed by atoms with E-state index in [2.05, 4.69) is 27.4 Å². The number of hydrogen-bond donors (Lipinski definition) is 6. The Morgan fingerprint density at radius 1 is 0.422 bits per heavy atom. The van der Waals surface area contributed by atoms with E-state index in [-0.39, 0.29) is 91.2 Å². The van der Waals surface area contributed by atoms with Gasteiger partial charge in [0.2, 0.25) is 26.3 Å². The quantitative estimate of drug-likeness (QED) is 0.0199. The SMILES string of the molecule is CCCCc1csc(/C=C(\Cc2cc3c(cc2OC)OCO3)C(=O)O)c1-c1ccc(OC)c2ccc(C(=O)O)cc12.CCCCc1onc(/C=C(\Cc2cc3c(cc2OC)OCO3)C(=O)O)c1-c1cnc(OC)cc1OCc1ccccc1C(=O)O.CCCOc1cncc(/C=C(\Cc2cc3c(cc2OC)OCO3)C(=O)O)c1-c1ccc(OC)c2ccc(C(=O)O)cc12. The first-order valence-electron chi connectivity index (χ1n) is 40.6. The third kappa shape index (κ3) is 20.4. The van der Waals surface area contributed by atoms with Gasteiger partial charge in [0.1, 0.15) is 58.3 Å². The number of unbranched alkanes of at least 4 members (excludes halogenated alkanes) is 2. The zero-order valence-corrected chi connectivity index (χ0v) is 72.1. The molecule has 30 nitrogen and oxygen atoms in total. The minimum Gasteiger partial charge on any atom is -0.496 e. The van der Waals surface area contributed by atoms with Gasteiger partial charge in [-0.2, -0.15) is 0 Å². The van der Waals surface area contributed by atoms with Gasteiger partial charge >= 0.3 is 35.8 Å². The minimum atomic E-state index is -1.16. The average molecular weight is 1760 g/mol. The third-order valence-electron chi connectivity index (χ3n) is 21.3. The van der Waals surface area contributed by atoms with Crippen molar-refractivity contribution < 1.29 is 130 Å². The molecule has 8 aromatic carbocycles. The van der Waals surface area contributed by atoms with Gasteiger partial charge < -0.3 is 101 Å². The van der Waals surface area contributed by atoms with Gasteiger partial charge in [-0.05, 0) is 162 Å². The predicted octanol–water partition coefficient (Wildman–Crippen LogP) is 18.7. The van der Waals surface area contributed by atoms with Crippen LogP contribution in [0.15, 0.2) is 173 Å². The number of aromatic carboxylic acids is 3. The molecule has 662 valence electrons. The molecule has 4 aromatic heterocycles. The van der Waals surface area contributed by atoms with Gasteiger partial charge in [-0.25, -0.2) is 33.8 Å². The molecule has 12 aromatic rings. The predicted molar refractivity (Wildman–Crippen MR) is 474 cm³/mol. The molecule has 0 fully saturated rings. The second-order valence-corrected chi connectivity index (χ2v) is 30.2. The number of carbonyl (C=O) groups is 6. The first kappa shape index (κ1) is 90.5. The molecule has 0 saturated carbocycles. The zero-order chi connectivity index (χ0) is 90.8. The van der Waals surface area contributed by atoms with Crippen molar-refractivity contribution in [2.75, 3.05) is 69.6 Å². The van der Waals surface area contributed by atoms with Gasteiger partial charge in [0.25, 0.3) is 0 Å². The molecule has 0 bridgehead atoms. The molecule has 0 saturated heterocycles. The highest BCUT2D eigenvalue weighted by Gasteiger charge is 2.30. The lowest BCUT2D eigenvalue weighted by molar-refractivity contribution is -0.133. The van der Waals surface area contributed by atoms with Crippen molar-refractivity contribution in [2.24, 2.45) is 0 Å². The largest absolute Gasteiger partial charge is 0.496 e.